The molecule has 0 aliphatic carbocycles. The number of amides is 1. The molecule has 0 saturated carbocycles. The lowest BCUT2D eigenvalue weighted by Crippen LogP contribution is -2.40. The van der Waals surface area contributed by atoms with Crippen LogP contribution < -0.4 is 16.6 Å². The van der Waals surface area contributed by atoms with Crippen molar-refractivity contribution in [1.82, 2.24) is 9.80 Å². The van der Waals surface area contributed by atoms with Gasteiger partial charge in [0.15, 0.2) is 0 Å². The van der Waals surface area contributed by atoms with E-state index in [9.17, 15) is 4.79 Å². The Kier molecular flexibility index (Phi) is 8.14. The number of hydrazine groups is 1. The number of hydrogen-bond acceptors (Lipinski definition) is 8. The second kappa shape index (κ2) is 11.5. The first kappa shape index (κ1) is 25.6. The van der Waals surface area contributed by atoms with E-state index in [4.69, 9.17) is 21.7 Å². The fraction of sp³-hybridized carbons (Fsp3) is 0.370. The highest BCUT2D eigenvalue weighted by Gasteiger charge is 2.21. The number of nitrogen functional groups attached to an aromatic ring is 1. The van der Waals surface area contributed by atoms with Crippen LogP contribution in [0.2, 0.25) is 0 Å². The number of rotatable bonds is 7. The SMILES string of the molecule is C=N/C(=C\N(N)c1ccc(C(=O)N2CCOCC2)cc1)C(=N)c1cc(C2CCN(C)CC2)ccc1N. The van der Waals surface area contributed by atoms with Crippen LogP contribution in [0, 0.1) is 5.41 Å². The molecule has 2 heterocycles. The molecule has 5 N–H and O–H groups in total. The van der Waals surface area contributed by atoms with Crippen LogP contribution in [-0.2, 0) is 4.74 Å². The van der Waals surface area contributed by atoms with Crippen molar-refractivity contribution < 1.29 is 9.53 Å². The minimum atomic E-state index is -0.0286. The van der Waals surface area contributed by atoms with E-state index in [1.807, 2.05) is 12.1 Å². The van der Waals surface area contributed by atoms with E-state index < -0.39 is 0 Å². The van der Waals surface area contributed by atoms with Crippen molar-refractivity contribution in [2.45, 2.75) is 18.8 Å². The maximum Gasteiger partial charge on any atom is 0.254 e. The Morgan fingerprint density at radius 3 is 2.44 bits per heavy atom. The Bertz CT molecular complexity index is 1130. The molecule has 2 fully saturated rings. The molecule has 2 aliphatic rings. The van der Waals surface area contributed by atoms with Crippen molar-refractivity contribution in [3.8, 4) is 0 Å². The van der Waals surface area contributed by atoms with E-state index in [0.29, 0.717) is 60.4 Å². The quantitative estimate of drug-likeness (QED) is 0.238. The maximum atomic E-state index is 12.7. The Morgan fingerprint density at radius 1 is 1.14 bits per heavy atom. The summed E-state index contributed by atoms with van der Waals surface area (Å²) in [6.07, 6.45) is 3.71. The van der Waals surface area contributed by atoms with E-state index in [1.54, 1.807) is 35.4 Å². The number of anilines is 2. The number of piperidine rings is 1. The van der Waals surface area contributed by atoms with Gasteiger partial charge in [-0.2, -0.15) is 0 Å². The van der Waals surface area contributed by atoms with E-state index in [0.717, 1.165) is 25.9 Å². The summed E-state index contributed by atoms with van der Waals surface area (Å²) in [5.74, 6) is 6.70. The van der Waals surface area contributed by atoms with Gasteiger partial charge in [-0.15, -0.1) is 0 Å². The second-order valence-electron chi connectivity index (χ2n) is 9.33. The van der Waals surface area contributed by atoms with Gasteiger partial charge in [-0.3, -0.25) is 20.2 Å². The average Bonchev–Trinajstić information content (AvgIpc) is 2.92. The van der Waals surface area contributed by atoms with Gasteiger partial charge in [-0.25, -0.2) is 5.84 Å². The number of nitrogens with two attached hydrogens (primary N) is 2. The molecule has 0 spiro atoms. The third kappa shape index (κ3) is 5.81. The first-order valence-corrected chi connectivity index (χ1v) is 12.2. The number of nitrogens with zero attached hydrogens (tertiary/aromatic N) is 4. The third-order valence-corrected chi connectivity index (χ3v) is 6.94. The molecule has 0 atom stereocenters. The molecule has 9 heteroatoms. The molecule has 2 saturated heterocycles. The summed E-state index contributed by atoms with van der Waals surface area (Å²) >= 11 is 0. The van der Waals surface area contributed by atoms with Gasteiger partial charge in [0.1, 0.15) is 5.70 Å². The Balaban J connectivity index is 1.49. The van der Waals surface area contributed by atoms with Crippen molar-refractivity contribution in [2.24, 2.45) is 10.8 Å². The summed E-state index contributed by atoms with van der Waals surface area (Å²) in [5, 5.41) is 10.2. The van der Waals surface area contributed by atoms with Gasteiger partial charge in [0.05, 0.1) is 24.6 Å². The number of likely N-dealkylation sites (tertiary alicyclic amines) is 1. The zero-order valence-electron chi connectivity index (χ0n) is 20.8. The molecule has 9 nitrogen and oxygen atoms in total. The summed E-state index contributed by atoms with van der Waals surface area (Å²) in [7, 11) is 2.14. The average molecular weight is 490 g/mol. The largest absolute Gasteiger partial charge is 0.398 e. The molecule has 2 aromatic carbocycles. The fourth-order valence-corrected chi connectivity index (χ4v) is 4.64. The molecule has 2 aromatic rings. The summed E-state index contributed by atoms with van der Waals surface area (Å²) in [6.45, 7) is 8.04. The zero-order valence-corrected chi connectivity index (χ0v) is 20.8. The van der Waals surface area contributed by atoms with Crippen molar-refractivity contribution >= 4 is 29.7 Å². The van der Waals surface area contributed by atoms with E-state index in [-0.39, 0.29) is 11.6 Å². The molecule has 2 aliphatic heterocycles. The molecule has 0 unspecified atom stereocenters. The predicted molar refractivity (Wildman–Crippen MR) is 145 cm³/mol. The zero-order chi connectivity index (χ0) is 25.7. The van der Waals surface area contributed by atoms with Crippen LogP contribution in [0.15, 0.2) is 59.4 Å². The molecular formula is C27H35N7O2. The Labute approximate surface area is 212 Å². The molecule has 0 bridgehead atoms. The number of ether oxygens (including phenoxy) is 1. The second-order valence-corrected chi connectivity index (χ2v) is 9.33. The topological polar surface area (TPSA) is 124 Å². The maximum absolute atomic E-state index is 12.7. The lowest BCUT2D eigenvalue weighted by molar-refractivity contribution is 0.0303. The van der Waals surface area contributed by atoms with Crippen molar-refractivity contribution in [3.05, 3.63) is 71.1 Å². The van der Waals surface area contributed by atoms with Crippen molar-refractivity contribution in [1.29, 1.82) is 5.41 Å². The predicted octanol–water partition coefficient (Wildman–Crippen LogP) is 2.84. The van der Waals surface area contributed by atoms with Gasteiger partial charge in [-0.1, -0.05) is 6.07 Å². The molecule has 190 valence electrons. The molecule has 0 aromatic heterocycles. The fourth-order valence-electron chi connectivity index (χ4n) is 4.64. The highest BCUT2D eigenvalue weighted by Crippen LogP contribution is 2.30. The number of carbonyl (C=O) groups is 1. The van der Waals surface area contributed by atoms with Gasteiger partial charge < -0.3 is 20.3 Å². The van der Waals surface area contributed by atoms with Crippen molar-refractivity contribution in [2.75, 3.05) is 57.2 Å². The monoisotopic (exact) mass is 489 g/mol. The summed E-state index contributed by atoms with van der Waals surface area (Å²) in [5.41, 5.74) is 10.3. The smallest absolute Gasteiger partial charge is 0.254 e. The minimum Gasteiger partial charge on any atom is -0.398 e. The minimum absolute atomic E-state index is 0.0286. The van der Waals surface area contributed by atoms with Gasteiger partial charge in [0.25, 0.3) is 5.91 Å². The van der Waals surface area contributed by atoms with Gasteiger partial charge in [0.2, 0.25) is 0 Å². The van der Waals surface area contributed by atoms with E-state index >= 15 is 0 Å². The molecule has 0 radical (unpaired) electrons. The van der Waals surface area contributed by atoms with E-state index in [2.05, 4.69) is 29.7 Å². The molecule has 1 amide bonds. The number of allylic oxidation sites excluding steroid dienone is 1. The van der Waals surface area contributed by atoms with Crippen LogP contribution in [0.3, 0.4) is 0 Å². The summed E-state index contributed by atoms with van der Waals surface area (Å²) in [4.78, 5) is 20.9. The highest BCUT2D eigenvalue weighted by atomic mass is 16.5. The van der Waals surface area contributed by atoms with Gasteiger partial charge in [-0.05, 0) is 87.6 Å². The standard InChI is InChI=1S/C27H35N7O2/c1-31-25(26(29)23-17-21(5-8-24(23)28)19-9-11-32(2)12-10-19)18-34(30)22-6-3-20(4-7-22)27(35)33-13-15-36-16-14-33/h3-8,17-19,29H,1,9-16,28,30H2,2H3/b25-18-,29-26?. The van der Waals surface area contributed by atoms with Crippen LogP contribution in [-0.4, -0.2) is 74.6 Å². The van der Waals surface area contributed by atoms with Crippen LogP contribution >= 0.6 is 0 Å². The molecule has 36 heavy (non-hydrogen) atoms. The van der Waals surface area contributed by atoms with Crippen LogP contribution in [0.1, 0.15) is 40.2 Å². The van der Waals surface area contributed by atoms with Crippen molar-refractivity contribution in [3.63, 3.8) is 0 Å². The lowest BCUT2D eigenvalue weighted by atomic mass is 9.87. The van der Waals surface area contributed by atoms with Gasteiger partial charge >= 0.3 is 0 Å². The Hall–Kier alpha value is -3.53. The highest BCUT2D eigenvalue weighted by molar-refractivity contribution is 6.14. The van der Waals surface area contributed by atoms with Crippen LogP contribution in [0.4, 0.5) is 11.4 Å². The molecular weight excluding hydrogens is 454 g/mol. The number of aliphatic imine (C=N–C) groups is 1. The number of carbonyl (C=O) groups excluding carboxylic acids is 1. The number of nitrogens with one attached hydrogen (secondary N) is 1. The normalized spacial score (nSPS) is 17.6. The van der Waals surface area contributed by atoms with E-state index in [1.165, 1.54) is 10.6 Å². The van der Waals surface area contributed by atoms with Crippen LogP contribution in [0.5, 0.6) is 0 Å². The summed E-state index contributed by atoms with van der Waals surface area (Å²) in [6, 6.07) is 12.9. The molecule has 4 rings (SSSR count). The van der Waals surface area contributed by atoms with Gasteiger partial charge in [0, 0.05) is 36.1 Å². The number of morpholine rings is 1. The lowest BCUT2D eigenvalue weighted by Gasteiger charge is -2.29. The number of benzene rings is 2. The first-order valence-electron chi connectivity index (χ1n) is 12.2. The number of hydrogen-bond donors (Lipinski definition) is 3. The third-order valence-electron chi connectivity index (χ3n) is 6.94. The Morgan fingerprint density at radius 2 is 1.81 bits per heavy atom. The summed E-state index contributed by atoms with van der Waals surface area (Å²) < 4.78 is 5.32. The van der Waals surface area contributed by atoms with Crippen LogP contribution in [0.25, 0.3) is 0 Å². The first-order chi connectivity index (χ1) is 17.4.